The van der Waals surface area contributed by atoms with E-state index in [0.717, 1.165) is 29.6 Å². The lowest BCUT2D eigenvalue weighted by atomic mass is 10.1. The van der Waals surface area contributed by atoms with Crippen LogP contribution in [-0.2, 0) is 13.0 Å². The lowest BCUT2D eigenvalue weighted by Gasteiger charge is -2.14. The number of hydrogen-bond donors (Lipinski definition) is 1. The summed E-state index contributed by atoms with van der Waals surface area (Å²) in [6.07, 6.45) is 8.33. The summed E-state index contributed by atoms with van der Waals surface area (Å²) in [5, 5.41) is 4.40. The molecule has 1 aromatic carbocycles. The molecule has 0 atom stereocenters. The van der Waals surface area contributed by atoms with Crippen LogP contribution < -0.4 is 5.32 Å². The third-order valence-corrected chi connectivity index (χ3v) is 4.39. The molecule has 4 heteroatoms. The van der Waals surface area contributed by atoms with Gasteiger partial charge in [0, 0.05) is 23.8 Å². The van der Waals surface area contributed by atoms with Crippen LogP contribution in [0.2, 0.25) is 5.02 Å². The van der Waals surface area contributed by atoms with E-state index in [1.807, 2.05) is 12.1 Å². The first-order chi connectivity index (χ1) is 10.2. The molecule has 0 radical (unpaired) electrons. The number of nitrogens with one attached hydrogen (secondary N) is 1. The van der Waals surface area contributed by atoms with Crippen molar-refractivity contribution in [2.24, 2.45) is 0 Å². The molecule has 0 bridgehead atoms. The molecule has 0 saturated heterocycles. The summed E-state index contributed by atoms with van der Waals surface area (Å²) in [6.45, 7) is 3.00. The van der Waals surface area contributed by atoms with Gasteiger partial charge in [-0.25, -0.2) is 4.98 Å². The minimum Gasteiger partial charge on any atom is -0.353 e. The maximum atomic E-state index is 5.93. The van der Waals surface area contributed by atoms with Crippen LogP contribution in [0.25, 0.3) is 0 Å². The molecule has 0 spiro atoms. The fraction of sp³-hybridized carbons (Fsp3) is 0.471. The highest BCUT2D eigenvalue weighted by Crippen LogP contribution is 2.22. The third kappa shape index (κ3) is 3.79. The van der Waals surface area contributed by atoms with Crippen molar-refractivity contribution in [1.29, 1.82) is 0 Å². The zero-order chi connectivity index (χ0) is 14.7. The van der Waals surface area contributed by atoms with E-state index in [4.69, 9.17) is 11.6 Å². The molecule has 3 rings (SSSR count). The van der Waals surface area contributed by atoms with Crippen molar-refractivity contribution in [3.63, 3.8) is 0 Å². The molecule has 1 aliphatic carbocycles. The van der Waals surface area contributed by atoms with Gasteiger partial charge in [0.15, 0.2) is 0 Å². The minimum atomic E-state index is 0.598. The average molecular weight is 304 g/mol. The summed E-state index contributed by atoms with van der Waals surface area (Å²) in [7, 11) is 0. The standard InChI is InChI=1S/C17H22ClN3/c1-13-12-21(11-10-14-6-8-15(18)9-7-14)17(19-13)20-16-4-2-3-5-16/h6-9,12,16H,2-5,10-11H2,1H3,(H,19,20). The highest BCUT2D eigenvalue weighted by atomic mass is 35.5. The van der Waals surface area contributed by atoms with Crippen molar-refractivity contribution in [2.45, 2.75) is 51.6 Å². The molecule has 0 unspecified atom stereocenters. The highest BCUT2D eigenvalue weighted by Gasteiger charge is 2.17. The molecule has 112 valence electrons. The van der Waals surface area contributed by atoms with E-state index >= 15 is 0 Å². The Kier molecular flexibility index (Phi) is 4.49. The van der Waals surface area contributed by atoms with Gasteiger partial charge in [0.25, 0.3) is 0 Å². The summed E-state index contributed by atoms with van der Waals surface area (Å²) in [5.74, 6) is 1.02. The molecule has 0 amide bonds. The van der Waals surface area contributed by atoms with Gasteiger partial charge in [-0.15, -0.1) is 0 Å². The molecule has 2 aromatic rings. The summed E-state index contributed by atoms with van der Waals surface area (Å²) >= 11 is 5.93. The topological polar surface area (TPSA) is 29.9 Å². The number of aromatic nitrogens is 2. The van der Waals surface area contributed by atoms with Crippen molar-refractivity contribution in [3.8, 4) is 0 Å². The Balaban J connectivity index is 1.65. The van der Waals surface area contributed by atoms with Crippen LogP contribution in [0.15, 0.2) is 30.5 Å². The van der Waals surface area contributed by atoms with Crippen molar-refractivity contribution in [2.75, 3.05) is 5.32 Å². The van der Waals surface area contributed by atoms with Crippen LogP contribution in [0.3, 0.4) is 0 Å². The average Bonchev–Trinajstić information content (AvgIpc) is 3.09. The van der Waals surface area contributed by atoms with Gasteiger partial charge in [0.2, 0.25) is 5.95 Å². The molecular weight excluding hydrogens is 282 g/mol. The monoisotopic (exact) mass is 303 g/mol. The summed E-state index contributed by atoms with van der Waals surface area (Å²) in [4.78, 5) is 4.63. The van der Waals surface area contributed by atoms with Crippen LogP contribution in [-0.4, -0.2) is 15.6 Å². The van der Waals surface area contributed by atoms with Gasteiger partial charge in [-0.3, -0.25) is 0 Å². The first kappa shape index (κ1) is 14.5. The fourth-order valence-electron chi connectivity index (χ4n) is 2.99. The Labute approximate surface area is 131 Å². The lowest BCUT2D eigenvalue weighted by Crippen LogP contribution is -2.18. The molecule has 1 N–H and O–H groups in total. The van der Waals surface area contributed by atoms with E-state index in [1.165, 1.54) is 31.2 Å². The Hall–Kier alpha value is -1.48. The van der Waals surface area contributed by atoms with Gasteiger partial charge in [-0.1, -0.05) is 36.6 Å². The largest absolute Gasteiger partial charge is 0.353 e. The zero-order valence-electron chi connectivity index (χ0n) is 12.5. The van der Waals surface area contributed by atoms with Gasteiger partial charge in [-0.05, 0) is 43.9 Å². The van der Waals surface area contributed by atoms with E-state index < -0.39 is 0 Å². The van der Waals surface area contributed by atoms with Gasteiger partial charge in [-0.2, -0.15) is 0 Å². The van der Waals surface area contributed by atoms with Gasteiger partial charge >= 0.3 is 0 Å². The second-order valence-corrected chi connectivity index (χ2v) is 6.34. The van der Waals surface area contributed by atoms with E-state index in [1.54, 1.807) is 0 Å². The van der Waals surface area contributed by atoms with E-state index in [2.05, 4.69) is 40.1 Å². The van der Waals surface area contributed by atoms with Crippen molar-refractivity contribution >= 4 is 17.5 Å². The van der Waals surface area contributed by atoms with Crippen LogP contribution in [0.4, 0.5) is 5.95 Å². The number of benzene rings is 1. The quantitative estimate of drug-likeness (QED) is 0.885. The first-order valence-corrected chi connectivity index (χ1v) is 8.13. The second-order valence-electron chi connectivity index (χ2n) is 5.90. The van der Waals surface area contributed by atoms with Crippen molar-refractivity contribution < 1.29 is 0 Å². The summed E-state index contributed by atoms with van der Waals surface area (Å²) < 4.78 is 2.24. The molecule has 1 heterocycles. The smallest absolute Gasteiger partial charge is 0.203 e. The predicted molar refractivity (Wildman–Crippen MR) is 88.0 cm³/mol. The maximum absolute atomic E-state index is 5.93. The molecule has 3 nitrogen and oxygen atoms in total. The molecule has 1 aliphatic rings. The van der Waals surface area contributed by atoms with E-state index in [0.29, 0.717) is 6.04 Å². The normalized spacial score (nSPS) is 15.5. The van der Waals surface area contributed by atoms with Crippen LogP contribution in [0.1, 0.15) is 36.9 Å². The Morgan fingerprint density at radius 1 is 1.24 bits per heavy atom. The number of rotatable bonds is 5. The van der Waals surface area contributed by atoms with Gasteiger partial charge in [0.1, 0.15) is 0 Å². The molecule has 0 aliphatic heterocycles. The Morgan fingerprint density at radius 2 is 1.95 bits per heavy atom. The molecule has 1 fully saturated rings. The van der Waals surface area contributed by atoms with E-state index in [-0.39, 0.29) is 0 Å². The maximum Gasteiger partial charge on any atom is 0.203 e. The van der Waals surface area contributed by atoms with Gasteiger partial charge < -0.3 is 9.88 Å². The summed E-state index contributed by atoms with van der Waals surface area (Å²) in [6, 6.07) is 8.69. The number of imidazole rings is 1. The number of nitrogens with zero attached hydrogens (tertiary/aromatic N) is 2. The molecule has 21 heavy (non-hydrogen) atoms. The number of halogens is 1. The van der Waals surface area contributed by atoms with E-state index in [9.17, 15) is 0 Å². The Morgan fingerprint density at radius 3 is 2.67 bits per heavy atom. The predicted octanol–water partition coefficient (Wildman–Crippen LogP) is 4.44. The number of aryl methyl sites for hydroxylation is 3. The zero-order valence-corrected chi connectivity index (χ0v) is 13.2. The molecule has 1 saturated carbocycles. The minimum absolute atomic E-state index is 0.598. The van der Waals surface area contributed by atoms with Gasteiger partial charge in [0.05, 0.1) is 5.69 Å². The first-order valence-electron chi connectivity index (χ1n) is 7.75. The molecular formula is C17H22ClN3. The molecule has 1 aromatic heterocycles. The number of anilines is 1. The highest BCUT2D eigenvalue weighted by molar-refractivity contribution is 6.30. The third-order valence-electron chi connectivity index (χ3n) is 4.14. The van der Waals surface area contributed by atoms with Crippen LogP contribution in [0, 0.1) is 6.92 Å². The van der Waals surface area contributed by atoms with Crippen molar-refractivity contribution in [1.82, 2.24) is 9.55 Å². The number of hydrogen-bond acceptors (Lipinski definition) is 2. The van der Waals surface area contributed by atoms with Crippen LogP contribution >= 0.6 is 11.6 Å². The van der Waals surface area contributed by atoms with Crippen LogP contribution in [0.5, 0.6) is 0 Å². The summed E-state index contributed by atoms with van der Waals surface area (Å²) in [5.41, 5.74) is 2.38. The van der Waals surface area contributed by atoms with Crippen molar-refractivity contribution in [3.05, 3.63) is 46.7 Å². The second kappa shape index (κ2) is 6.52. The lowest BCUT2D eigenvalue weighted by molar-refractivity contribution is 0.674. The Bertz CT molecular complexity index is 583. The fourth-order valence-corrected chi connectivity index (χ4v) is 3.11. The SMILES string of the molecule is Cc1cn(CCc2ccc(Cl)cc2)c(NC2CCCC2)n1.